The Morgan fingerprint density at radius 1 is 0.257 bits per heavy atom. The molecule has 12 aromatic rings. The van der Waals surface area contributed by atoms with Gasteiger partial charge in [-0.2, -0.15) is 0 Å². The largest absolute Gasteiger partial charge is 0.310 e. The van der Waals surface area contributed by atoms with Gasteiger partial charge in [-0.1, -0.05) is 109 Å². The zero-order valence-corrected chi connectivity index (χ0v) is 42.0. The Hall–Kier alpha value is -7.76. The van der Waals surface area contributed by atoms with Gasteiger partial charge in [-0.05, 0) is 205 Å². The van der Waals surface area contributed by atoms with E-state index >= 15 is 0 Å². The predicted octanol–water partition coefficient (Wildman–Crippen LogP) is 20.2. The monoisotopic (exact) mass is 936 g/mol. The molecule has 0 unspecified atom stereocenters. The van der Waals surface area contributed by atoms with Gasteiger partial charge in [-0.25, -0.2) is 0 Å². The molecular formula is C66H52N2S2. The molecular weight excluding hydrogens is 885 g/mol. The average Bonchev–Trinajstić information content (AvgIpc) is 3.95. The van der Waals surface area contributed by atoms with Crippen LogP contribution in [-0.2, 0) is 0 Å². The quantitative estimate of drug-likeness (QED) is 0.142. The van der Waals surface area contributed by atoms with E-state index in [2.05, 4.69) is 258 Å². The molecule has 0 aliphatic carbocycles. The fourth-order valence-electron chi connectivity index (χ4n) is 10.8. The van der Waals surface area contributed by atoms with Gasteiger partial charge in [-0.3, -0.25) is 0 Å². The molecule has 12 rings (SSSR count). The first-order valence-corrected chi connectivity index (χ1v) is 25.8. The van der Waals surface area contributed by atoms with Crippen molar-refractivity contribution in [1.82, 2.24) is 0 Å². The average molecular weight is 937 g/mol. The highest BCUT2D eigenvalue weighted by atomic mass is 32.1. The van der Waals surface area contributed by atoms with E-state index in [-0.39, 0.29) is 0 Å². The summed E-state index contributed by atoms with van der Waals surface area (Å²) in [6, 6.07) is 76.5. The van der Waals surface area contributed by atoms with Gasteiger partial charge in [0.15, 0.2) is 0 Å². The number of hydrogen-bond donors (Lipinski definition) is 0. The normalized spacial score (nSPS) is 11.6. The van der Waals surface area contributed by atoms with Crippen molar-refractivity contribution in [2.75, 3.05) is 9.80 Å². The van der Waals surface area contributed by atoms with Crippen LogP contribution in [0.4, 0.5) is 34.1 Å². The van der Waals surface area contributed by atoms with Crippen LogP contribution in [-0.4, -0.2) is 0 Å². The van der Waals surface area contributed by atoms with Crippen LogP contribution >= 0.6 is 22.7 Å². The van der Waals surface area contributed by atoms with Crippen molar-refractivity contribution >= 4 is 97.1 Å². The summed E-state index contributed by atoms with van der Waals surface area (Å²) in [4.78, 5) is 4.91. The summed E-state index contributed by atoms with van der Waals surface area (Å²) >= 11 is 3.73. The van der Waals surface area contributed by atoms with Crippen molar-refractivity contribution in [2.45, 2.75) is 41.5 Å². The van der Waals surface area contributed by atoms with E-state index in [4.69, 9.17) is 0 Å². The summed E-state index contributed by atoms with van der Waals surface area (Å²) in [5.74, 6) is 0. The van der Waals surface area contributed by atoms with E-state index in [0.717, 1.165) is 11.4 Å². The Morgan fingerprint density at radius 2 is 0.586 bits per heavy atom. The first-order valence-electron chi connectivity index (χ1n) is 24.1. The number of hydrogen-bond acceptors (Lipinski definition) is 4. The second kappa shape index (κ2) is 17.6. The minimum atomic E-state index is 1.14. The standard InChI is InChI=1S/C66H52N2S2/c1-41-15-7-11-19-59(41)67(53-29-23-47(24-30-53)49-27-33-63-57(39-49)55-17-9-13-21-61(55)69-63)65-43(3)35-51(36-44(65)4)52-37-45(5)66(46(6)38-52)68(60-20-12-8-16-42(60)2)54-31-25-48(26-32-54)50-28-34-64-58(40-50)56-18-10-14-22-62(56)70-64/h7-40H,1-6H3. The van der Waals surface area contributed by atoms with E-state index in [1.54, 1.807) is 0 Å². The second-order valence-electron chi connectivity index (χ2n) is 18.9. The van der Waals surface area contributed by atoms with Crippen LogP contribution in [0.2, 0.25) is 0 Å². The molecule has 0 bridgehead atoms. The number of anilines is 6. The van der Waals surface area contributed by atoms with Crippen molar-refractivity contribution in [2.24, 2.45) is 0 Å². The topological polar surface area (TPSA) is 6.48 Å². The molecule has 0 aliphatic rings. The van der Waals surface area contributed by atoms with Gasteiger partial charge < -0.3 is 9.80 Å². The lowest BCUT2D eigenvalue weighted by Crippen LogP contribution is -2.14. The van der Waals surface area contributed by atoms with Crippen molar-refractivity contribution in [1.29, 1.82) is 0 Å². The number of rotatable bonds is 9. The first-order chi connectivity index (χ1) is 34.2. The Bertz CT molecular complexity index is 3660. The molecule has 0 aliphatic heterocycles. The molecule has 2 aromatic heterocycles. The molecule has 0 amide bonds. The number of thiophene rings is 2. The molecule has 10 aromatic carbocycles. The van der Waals surface area contributed by atoms with Gasteiger partial charge >= 0.3 is 0 Å². The van der Waals surface area contributed by atoms with Crippen LogP contribution in [0.1, 0.15) is 33.4 Å². The minimum absolute atomic E-state index is 1.14. The lowest BCUT2D eigenvalue weighted by Gasteiger charge is -2.31. The van der Waals surface area contributed by atoms with Crippen molar-refractivity contribution in [3.63, 3.8) is 0 Å². The Balaban J connectivity index is 0.892. The second-order valence-corrected chi connectivity index (χ2v) is 21.0. The number of para-hydroxylation sites is 2. The molecule has 0 spiro atoms. The van der Waals surface area contributed by atoms with E-state index in [0.29, 0.717) is 0 Å². The fraction of sp³-hybridized carbons (Fsp3) is 0.0909. The maximum atomic E-state index is 2.45. The summed E-state index contributed by atoms with van der Waals surface area (Å²) in [5.41, 5.74) is 21.7. The van der Waals surface area contributed by atoms with E-state index in [9.17, 15) is 0 Å². The molecule has 70 heavy (non-hydrogen) atoms. The minimum Gasteiger partial charge on any atom is -0.310 e. The summed E-state index contributed by atoms with van der Waals surface area (Å²) in [6.07, 6.45) is 0. The SMILES string of the molecule is Cc1ccccc1N(c1ccc(-c2ccc3sc4ccccc4c3c2)cc1)c1c(C)cc(-c2cc(C)c(N(c3ccc(-c4ccc5sc6ccccc6c5c4)cc3)c3ccccc3C)c(C)c2)cc1C. The predicted molar refractivity (Wildman–Crippen MR) is 306 cm³/mol. The van der Waals surface area contributed by atoms with Crippen LogP contribution in [0.25, 0.3) is 73.7 Å². The highest BCUT2D eigenvalue weighted by Gasteiger charge is 2.23. The summed E-state index contributed by atoms with van der Waals surface area (Å²) in [5, 5.41) is 5.29. The van der Waals surface area contributed by atoms with Crippen LogP contribution in [0, 0.1) is 41.5 Å². The molecule has 0 radical (unpaired) electrons. The van der Waals surface area contributed by atoms with Crippen molar-refractivity contribution in [3.8, 4) is 33.4 Å². The van der Waals surface area contributed by atoms with Gasteiger partial charge in [0.05, 0.1) is 11.4 Å². The molecule has 0 saturated carbocycles. The van der Waals surface area contributed by atoms with Gasteiger partial charge in [0, 0.05) is 63.1 Å². The third-order valence-corrected chi connectivity index (χ3v) is 16.5. The Morgan fingerprint density at radius 3 is 0.971 bits per heavy atom. The van der Waals surface area contributed by atoms with Crippen molar-refractivity contribution in [3.05, 3.63) is 240 Å². The highest BCUT2D eigenvalue weighted by molar-refractivity contribution is 7.26. The third-order valence-electron chi connectivity index (χ3n) is 14.1. The van der Waals surface area contributed by atoms with Crippen molar-refractivity contribution < 1.29 is 0 Å². The first kappa shape index (κ1) is 43.5. The molecule has 0 fully saturated rings. The summed E-state index contributed by atoms with van der Waals surface area (Å²) in [7, 11) is 0. The summed E-state index contributed by atoms with van der Waals surface area (Å²) in [6.45, 7) is 13.5. The fourth-order valence-corrected chi connectivity index (χ4v) is 12.9. The van der Waals surface area contributed by atoms with E-state index < -0.39 is 0 Å². The molecule has 2 heterocycles. The maximum Gasteiger partial charge on any atom is 0.0520 e. The molecule has 0 N–H and O–H groups in total. The van der Waals surface area contributed by atoms with Crippen LogP contribution in [0.3, 0.4) is 0 Å². The zero-order chi connectivity index (χ0) is 47.6. The van der Waals surface area contributed by atoms with Gasteiger partial charge in [0.2, 0.25) is 0 Å². The highest BCUT2D eigenvalue weighted by Crippen LogP contribution is 2.46. The number of aryl methyl sites for hydroxylation is 6. The van der Waals surface area contributed by atoms with Gasteiger partial charge in [0.1, 0.15) is 0 Å². The van der Waals surface area contributed by atoms with Gasteiger partial charge in [0.25, 0.3) is 0 Å². The molecule has 4 heteroatoms. The lowest BCUT2D eigenvalue weighted by atomic mass is 9.93. The number of nitrogens with zero attached hydrogens (tertiary/aromatic N) is 2. The molecule has 0 saturated heterocycles. The van der Waals surface area contributed by atoms with Crippen LogP contribution in [0.15, 0.2) is 206 Å². The third kappa shape index (κ3) is 7.65. The molecule has 338 valence electrons. The lowest BCUT2D eigenvalue weighted by molar-refractivity contribution is 1.19. The Labute approximate surface area is 419 Å². The molecule has 0 atom stereocenters. The molecule has 2 nitrogen and oxygen atoms in total. The summed E-state index contributed by atoms with van der Waals surface area (Å²) < 4.78 is 5.31. The van der Waals surface area contributed by atoms with Gasteiger partial charge in [-0.15, -0.1) is 22.7 Å². The van der Waals surface area contributed by atoms with E-state index in [1.807, 2.05) is 22.7 Å². The Kier molecular flexibility index (Phi) is 11.0. The maximum absolute atomic E-state index is 2.45. The van der Waals surface area contributed by atoms with E-state index in [1.165, 1.54) is 130 Å². The van der Waals surface area contributed by atoms with Crippen LogP contribution < -0.4 is 9.80 Å². The smallest absolute Gasteiger partial charge is 0.0520 e. The zero-order valence-electron chi connectivity index (χ0n) is 40.3. The van der Waals surface area contributed by atoms with Crippen LogP contribution in [0.5, 0.6) is 0 Å². The number of benzene rings is 10. The number of fused-ring (bicyclic) bond motifs is 6.